The second-order valence-corrected chi connectivity index (χ2v) is 5.49. The minimum absolute atomic E-state index is 0.0650. The minimum Gasteiger partial charge on any atom is -0.478 e. The molecule has 2 N–H and O–H groups in total. The third-order valence-electron chi connectivity index (χ3n) is 3.50. The van der Waals surface area contributed by atoms with Crippen LogP contribution in [0.5, 0.6) is 0 Å². The highest BCUT2D eigenvalue weighted by atomic mass is 35.5. The first kappa shape index (κ1) is 15.9. The van der Waals surface area contributed by atoms with Crippen LogP contribution in [0.15, 0.2) is 42.0 Å². The van der Waals surface area contributed by atoms with Gasteiger partial charge in [-0.15, -0.1) is 0 Å². The normalized spacial score (nSPS) is 15.2. The fourth-order valence-electron chi connectivity index (χ4n) is 2.31. The lowest BCUT2D eigenvalue weighted by Crippen LogP contribution is -2.27. The predicted octanol–water partition coefficient (Wildman–Crippen LogP) is 3.40. The molecule has 3 rings (SSSR count). The number of hydrogen-bond acceptors (Lipinski definition) is 3. The van der Waals surface area contributed by atoms with E-state index in [2.05, 4.69) is 5.32 Å². The van der Waals surface area contributed by atoms with E-state index in [0.717, 1.165) is 6.07 Å². The SMILES string of the molecule is O=C1Nc2ccc(C(=O)O)cc2C(=O)/C1=C\c1ccc(Cl)c(F)c1. The third kappa shape index (κ3) is 2.79. The van der Waals surface area contributed by atoms with Crippen LogP contribution in [0.3, 0.4) is 0 Å². The molecule has 0 radical (unpaired) electrons. The van der Waals surface area contributed by atoms with Crippen molar-refractivity contribution in [2.24, 2.45) is 0 Å². The first-order valence-corrected chi connectivity index (χ1v) is 7.15. The Morgan fingerprint density at radius 3 is 2.58 bits per heavy atom. The van der Waals surface area contributed by atoms with Gasteiger partial charge in [-0.05, 0) is 42.0 Å². The number of anilines is 1. The number of hydrogen-bond donors (Lipinski definition) is 2. The maximum Gasteiger partial charge on any atom is 0.335 e. The molecule has 5 nitrogen and oxygen atoms in total. The van der Waals surface area contributed by atoms with Crippen molar-refractivity contribution in [3.8, 4) is 0 Å². The number of Topliss-reactive ketones (excluding diaryl/α,β-unsaturated/α-hetero) is 1. The van der Waals surface area contributed by atoms with Gasteiger partial charge in [-0.25, -0.2) is 9.18 Å². The molecule has 0 unspecified atom stereocenters. The van der Waals surface area contributed by atoms with E-state index in [0.29, 0.717) is 0 Å². The van der Waals surface area contributed by atoms with Gasteiger partial charge >= 0.3 is 5.97 Å². The van der Waals surface area contributed by atoms with E-state index in [1.54, 1.807) is 0 Å². The highest BCUT2D eigenvalue weighted by Gasteiger charge is 2.29. The number of benzene rings is 2. The van der Waals surface area contributed by atoms with Crippen LogP contribution in [0.4, 0.5) is 10.1 Å². The van der Waals surface area contributed by atoms with Crippen molar-refractivity contribution in [2.75, 3.05) is 5.32 Å². The summed E-state index contributed by atoms with van der Waals surface area (Å²) >= 11 is 5.60. The summed E-state index contributed by atoms with van der Waals surface area (Å²) in [6.07, 6.45) is 1.23. The van der Waals surface area contributed by atoms with E-state index in [1.165, 1.54) is 36.4 Å². The largest absolute Gasteiger partial charge is 0.478 e. The Morgan fingerprint density at radius 2 is 1.92 bits per heavy atom. The van der Waals surface area contributed by atoms with E-state index in [-0.39, 0.29) is 33.0 Å². The molecule has 120 valence electrons. The van der Waals surface area contributed by atoms with Crippen LogP contribution in [-0.2, 0) is 4.79 Å². The molecule has 1 amide bonds. The van der Waals surface area contributed by atoms with Crippen LogP contribution >= 0.6 is 11.6 Å². The number of ketones is 1. The van der Waals surface area contributed by atoms with Crippen LogP contribution in [0.2, 0.25) is 5.02 Å². The molecule has 0 spiro atoms. The average molecular weight is 346 g/mol. The lowest BCUT2D eigenvalue weighted by molar-refractivity contribution is -0.112. The van der Waals surface area contributed by atoms with Crippen LogP contribution in [0.1, 0.15) is 26.3 Å². The quantitative estimate of drug-likeness (QED) is 0.645. The van der Waals surface area contributed by atoms with Gasteiger partial charge in [-0.1, -0.05) is 17.7 Å². The summed E-state index contributed by atoms with van der Waals surface area (Å²) in [5, 5.41) is 11.5. The van der Waals surface area contributed by atoms with Crippen LogP contribution in [0.25, 0.3) is 6.08 Å². The molecule has 2 aromatic carbocycles. The van der Waals surface area contributed by atoms with Gasteiger partial charge in [0.05, 0.1) is 21.8 Å². The zero-order valence-electron chi connectivity index (χ0n) is 12.0. The van der Waals surface area contributed by atoms with Crippen molar-refractivity contribution in [1.82, 2.24) is 0 Å². The zero-order valence-corrected chi connectivity index (χ0v) is 12.7. The van der Waals surface area contributed by atoms with E-state index in [4.69, 9.17) is 16.7 Å². The lowest BCUT2D eigenvalue weighted by atomic mass is 9.93. The van der Waals surface area contributed by atoms with Gasteiger partial charge in [-0.3, -0.25) is 9.59 Å². The Morgan fingerprint density at radius 1 is 1.17 bits per heavy atom. The first-order chi connectivity index (χ1) is 11.4. The maximum absolute atomic E-state index is 13.5. The molecule has 24 heavy (non-hydrogen) atoms. The molecule has 0 atom stereocenters. The van der Waals surface area contributed by atoms with Gasteiger partial charge in [0.1, 0.15) is 5.82 Å². The summed E-state index contributed by atoms with van der Waals surface area (Å²) in [7, 11) is 0. The first-order valence-electron chi connectivity index (χ1n) is 6.77. The minimum atomic E-state index is -1.19. The van der Waals surface area contributed by atoms with Gasteiger partial charge in [0.25, 0.3) is 5.91 Å². The summed E-state index contributed by atoms with van der Waals surface area (Å²) in [5.74, 6) is -3.14. The molecule has 0 saturated heterocycles. The predicted molar refractivity (Wildman–Crippen MR) is 85.7 cm³/mol. The average Bonchev–Trinajstić information content (AvgIpc) is 2.54. The van der Waals surface area contributed by atoms with E-state index < -0.39 is 23.5 Å². The number of aromatic carboxylic acids is 1. The Hall–Kier alpha value is -2.99. The molecule has 0 aliphatic carbocycles. The van der Waals surface area contributed by atoms with Gasteiger partial charge in [0.2, 0.25) is 5.78 Å². The van der Waals surface area contributed by atoms with Gasteiger partial charge in [0, 0.05) is 5.56 Å². The van der Waals surface area contributed by atoms with E-state index in [9.17, 15) is 18.8 Å². The summed E-state index contributed by atoms with van der Waals surface area (Å²) in [5.41, 5.74) is 0.291. The molecule has 1 aliphatic rings. The monoisotopic (exact) mass is 345 g/mol. The summed E-state index contributed by atoms with van der Waals surface area (Å²) < 4.78 is 13.5. The standard InChI is InChI=1S/C17H9ClFNO4/c18-12-3-1-8(6-13(12)19)5-11-15(21)10-7-9(17(23)24)2-4-14(10)20-16(11)22/h1-7H,(H,20,22)(H,23,24)/b11-5+. The number of nitrogens with one attached hydrogen (secondary N) is 1. The molecular formula is C17H9ClFNO4. The van der Waals surface area contributed by atoms with Crippen molar-refractivity contribution in [3.05, 3.63) is 69.5 Å². The van der Waals surface area contributed by atoms with Crippen LogP contribution < -0.4 is 5.32 Å². The van der Waals surface area contributed by atoms with Gasteiger partial charge in [0.15, 0.2) is 0 Å². The lowest BCUT2D eigenvalue weighted by Gasteiger charge is -2.18. The van der Waals surface area contributed by atoms with Crippen molar-refractivity contribution in [3.63, 3.8) is 0 Å². The molecule has 1 heterocycles. The fourth-order valence-corrected chi connectivity index (χ4v) is 2.43. The fraction of sp³-hybridized carbons (Fsp3) is 0. The molecule has 1 aliphatic heterocycles. The molecule has 2 aromatic rings. The van der Waals surface area contributed by atoms with Gasteiger partial charge in [-0.2, -0.15) is 0 Å². The van der Waals surface area contributed by atoms with Gasteiger partial charge < -0.3 is 10.4 Å². The van der Waals surface area contributed by atoms with Crippen molar-refractivity contribution < 1.29 is 23.9 Å². The number of rotatable bonds is 2. The molecule has 0 saturated carbocycles. The number of fused-ring (bicyclic) bond motifs is 1. The second-order valence-electron chi connectivity index (χ2n) is 5.08. The summed E-state index contributed by atoms with van der Waals surface area (Å²) in [6, 6.07) is 7.70. The molecular weight excluding hydrogens is 337 g/mol. The maximum atomic E-state index is 13.5. The highest BCUT2D eigenvalue weighted by molar-refractivity contribution is 6.36. The Balaban J connectivity index is 2.07. The number of amides is 1. The molecule has 0 aromatic heterocycles. The number of carboxylic acids is 1. The molecule has 7 heteroatoms. The Bertz CT molecular complexity index is 936. The van der Waals surface area contributed by atoms with Crippen molar-refractivity contribution in [1.29, 1.82) is 0 Å². The number of carboxylic acid groups (broad SMARTS) is 1. The summed E-state index contributed by atoms with van der Waals surface area (Å²) in [6.45, 7) is 0. The van der Waals surface area contributed by atoms with Crippen LogP contribution in [-0.4, -0.2) is 22.8 Å². The molecule has 0 fully saturated rings. The summed E-state index contributed by atoms with van der Waals surface area (Å²) in [4.78, 5) is 35.7. The van der Waals surface area contributed by atoms with Crippen molar-refractivity contribution in [2.45, 2.75) is 0 Å². The number of carbonyl (C=O) groups excluding carboxylic acids is 2. The smallest absolute Gasteiger partial charge is 0.335 e. The number of carbonyl (C=O) groups is 3. The van der Waals surface area contributed by atoms with Crippen molar-refractivity contribution >= 4 is 41.0 Å². The highest BCUT2D eigenvalue weighted by Crippen LogP contribution is 2.28. The zero-order chi connectivity index (χ0) is 17.4. The third-order valence-corrected chi connectivity index (χ3v) is 3.81. The number of halogens is 2. The second kappa shape index (κ2) is 5.90. The molecule has 0 bridgehead atoms. The van der Waals surface area contributed by atoms with Crippen LogP contribution in [0, 0.1) is 5.82 Å². The Labute approximate surface area is 140 Å². The van der Waals surface area contributed by atoms with E-state index >= 15 is 0 Å². The Kier molecular flexibility index (Phi) is 3.91. The topological polar surface area (TPSA) is 83.5 Å². The van der Waals surface area contributed by atoms with E-state index in [1.807, 2.05) is 0 Å².